The first-order valence-electron chi connectivity index (χ1n) is 8.98. The zero-order chi connectivity index (χ0) is 19.0. The molecule has 4 nitrogen and oxygen atoms in total. The van der Waals surface area contributed by atoms with Crippen molar-refractivity contribution in [3.05, 3.63) is 23.3 Å². The Bertz CT molecular complexity index is 440. The summed E-state index contributed by atoms with van der Waals surface area (Å²) in [6, 6.07) is 0. The Morgan fingerprint density at radius 2 is 1.58 bits per heavy atom. The molecule has 0 saturated heterocycles. The number of ether oxygens (including phenoxy) is 1. The molecule has 140 valence electrons. The van der Waals surface area contributed by atoms with Crippen molar-refractivity contribution in [1.29, 1.82) is 0 Å². The SMILES string of the molecule is C/C=C(/C)C(O)(CCCN(CCC)C(=O)OC(C)(C)C)/C(C)=C/C. The molecule has 0 heterocycles. The first kappa shape index (κ1) is 22.7. The highest BCUT2D eigenvalue weighted by atomic mass is 16.6. The van der Waals surface area contributed by atoms with Crippen molar-refractivity contribution in [1.82, 2.24) is 4.90 Å². The van der Waals surface area contributed by atoms with Crippen LogP contribution in [0.5, 0.6) is 0 Å². The van der Waals surface area contributed by atoms with Gasteiger partial charge in [-0.25, -0.2) is 4.79 Å². The molecule has 1 N–H and O–H groups in total. The van der Waals surface area contributed by atoms with Gasteiger partial charge in [-0.3, -0.25) is 0 Å². The molecule has 0 rings (SSSR count). The first-order chi connectivity index (χ1) is 11.0. The molecule has 0 aromatic heterocycles. The molecule has 0 bridgehead atoms. The van der Waals surface area contributed by atoms with E-state index < -0.39 is 11.2 Å². The smallest absolute Gasteiger partial charge is 0.410 e. The number of carbonyl (C=O) groups is 1. The molecule has 0 aliphatic heterocycles. The molecule has 0 radical (unpaired) electrons. The largest absolute Gasteiger partial charge is 0.444 e. The third kappa shape index (κ3) is 7.08. The second-order valence-corrected chi connectivity index (χ2v) is 7.37. The lowest BCUT2D eigenvalue weighted by molar-refractivity contribution is 0.0230. The Labute approximate surface area is 148 Å². The predicted molar refractivity (Wildman–Crippen MR) is 101 cm³/mol. The number of hydrogen-bond acceptors (Lipinski definition) is 3. The van der Waals surface area contributed by atoms with Crippen LogP contribution in [-0.4, -0.2) is 40.4 Å². The molecular weight excluding hydrogens is 302 g/mol. The summed E-state index contributed by atoms with van der Waals surface area (Å²) in [6.07, 6.45) is 5.80. The number of hydrogen-bond donors (Lipinski definition) is 1. The summed E-state index contributed by atoms with van der Waals surface area (Å²) in [6.45, 7) is 16.7. The molecule has 0 aromatic carbocycles. The maximum atomic E-state index is 12.3. The fourth-order valence-electron chi connectivity index (χ4n) is 2.60. The first-order valence-corrected chi connectivity index (χ1v) is 8.98. The minimum Gasteiger partial charge on any atom is -0.444 e. The number of amides is 1. The van der Waals surface area contributed by atoms with Gasteiger partial charge in [0.25, 0.3) is 0 Å². The zero-order valence-electron chi connectivity index (χ0n) is 16.9. The van der Waals surface area contributed by atoms with E-state index in [4.69, 9.17) is 4.74 Å². The summed E-state index contributed by atoms with van der Waals surface area (Å²) < 4.78 is 5.47. The van der Waals surface area contributed by atoms with E-state index in [0.717, 1.165) is 17.6 Å². The average molecular weight is 340 g/mol. The number of rotatable bonds is 8. The van der Waals surface area contributed by atoms with Crippen molar-refractivity contribution in [2.45, 2.75) is 85.9 Å². The van der Waals surface area contributed by atoms with Gasteiger partial charge in [0.15, 0.2) is 0 Å². The Hall–Kier alpha value is -1.29. The Morgan fingerprint density at radius 1 is 1.08 bits per heavy atom. The van der Waals surface area contributed by atoms with Crippen molar-refractivity contribution in [3.8, 4) is 0 Å². The van der Waals surface area contributed by atoms with Crippen molar-refractivity contribution < 1.29 is 14.6 Å². The van der Waals surface area contributed by atoms with Crippen LogP contribution in [0.15, 0.2) is 23.3 Å². The van der Waals surface area contributed by atoms with E-state index in [0.29, 0.717) is 25.9 Å². The van der Waals surface area contributed by atoms with Gasteiger partial charge in [0.1, 0.15) is 11.2 Å². The summed E-state index contributed by atoms with van der Waals surface area (Å²) in [5.41, 5.74) is 0.456. The van der Waals surface area contributed by atoms with Gasteiger partial charge in [0, 0.05) is 13.1 Å². The molecule has 0 aromatic rings. The van der Waals surface area contributed by atoms with Crippen molar-refractivity contribution in [2.75, 3.05) is 13.1 Å². The minimum atomic E-state index is -0.935. The van der Waals surface area contributed by atoms with E-state index in [9.17, 15) is 9.90 Å². The number of carbonyl (C=O) groups excluding carboxylic acids is 1. The Morgan fingerprint density at radius 3 is 1.96 bits per heavy atom. The van der Waals surface area contributed by atoms with Gasteiger partial charge in [0.2, 0.25) is 0 Å². The maximum Gasteiger partial charge on any atom is 0.410 e. The molecule has 24 heavy (non-hydrogen) atoms. The van der Waals surface area contributed by atoms with Gasteiger partial charge in [-0.05, 0) is 78.9 Å². The molecule has 1 atom stereocenters. The average Bonchev–Trinajstić information content (AvgIpc) is 2.50. The van der Waals surface area contributed by atoms with Crippen molar-refractivity contribution in [3.63, 3.8) is 0 Å². The second-order valence-electron chi connectivity index (χ2n) is 7.37. The third-order valence-electron chi connectivity index (χ3n) is 4.28. The summed E-state index contributed by atoms with van der Waals surface area (Å²) >= 11 is 0. The lowest BCUT2D eigenvalue weighted by Gasteiger charge is -2.32. The fraction of sp³-hybridized carbons (Fsp3) is 0.750. The molecule has 0 spiro atoms. The van der Waals surface area contributed by atoms with Crippen LogP contribution in [0.3, 0.4) is 0 Å². The van der Waals surface area contributed by atoms with Crippen molar-refractivity contribution >= 4 is 6.09 Å². The van der Waals surface area contributed by atoms with Gasteiger partial charge in [-0.2, -0.15) is 0 Å². The molecule has 0 aliphatic carbocycles. The van der Waals surface area contributed by atoms with E-state index in [1.807, 2.05) is 67.5 Å². The van der Waals surface area contributed by atoms with Gasteiger partial charge in [-0.1, -0.05) is 19.1 Å². The zero-order valence-corrected chi connectivity index (χ0v) is 16.9. The molecule has 0 aliphatic rings. The molecule has 1 unspecified atom stereocenters. The van der Waals surface area contributed by atoms with E-state index in [-0.39, 0.29) is 6.09 Å². The van der Waals surface area contributed by atoms with E-state index >= 15 is 0 Å². The quantitative estimate of drug-likeness (QED) is 0.628. The summed E-state index contributed by atoms with van der Waals surface area (Å²) in [4.78, 5) is 14.0. The Balaban J connectivity index is 4.95. The molecular formula is C20H37NO3. The monoisotopic (exact) mass is 339 g/mol. The van der Waals surface area contributed by atoms with E-state index in [1.165, 1.54) is 0 Å². The number of allylic oxidation sites excluding steroid dienone is 2. The molecule has 1 amide bonds. The lowest BCUT2D eigenvalue weighted by Crippen LogP contribution is -2.39. The minimum absolute atomic E-state index is 0.279. The van der Waals surface area contributed by atoms with Gasteiger partial charge in [0.05, 0.1) is 0 Å². The van der Waals surface area contributed by atoms with Crippen LogP contribution in [0.4, 0.5) is 4.79 Å². The van der Waals surface area contributed by atoms with Gasteiger partial charge >= 0.3 is 6.09 Å². The van der Waals surface area contributed by atoms with E-state index in [2.05, 4.69) is 0 Å². The lowest BCUT2D eigenvalue weighted by atomic mass is 9.83. The van der Waals surface area contributed by atoms with Gasteiger partial charge in [-0.15, -0.1) is 0 Å². The van der Waals surface area contributed by atoms with E-state index in [1.54, 1.807) is 4.90 Å². The van der Waals surface area contributed by atoms with Crippen LogP contribution >= 0.6 is 0 Å². The summed E-state index contributed by atoms with van der Waals surface area (Å²) in [7, 11) is 0. The van der Waals surface area contributed by atoms with Crippen LogP contribution in [0.2, 0.25) is 0 Å². The van der Waals surface area contributed by atoms with Crippen LogP contribution in [0.25, 0.3) is 0 Å². The van der Waals surface area contributed by atoms with Crippen LogP contribution in [0.1, 0.15) is 74.7 Å². The van der Waals surface area contributed by atoms with Crippen LogP contribution < -0.4 is 0 Å². The molecule has 0 fully saturated rings. The number of nitrogens with zero attached hydrogens (tertiary/aromatic N) is 1. The van der Waals surface area contributed by atoms with Crippen LogP contribution in [-0.2, 0) is 4.74 Å². The topological polar surface area (TPSA) is 49.8 Å². The highest BCUT2D eigenvalue weighted by Crippen LogP contribution is 2.30. The third-order valence-corrected chi connectivity index (χ3v) is 4.28. The summed E-state index contributed by atoms with van der Waals surface area (Å²) in [5, 5.41) is 11.0. The number of aliphatic hydroxyl groups is 1. The Kier molecular flexibility index (Phi) is 9.34. The van der Waals surface area contributed by atoms with Gasteiger partial charge < -0.3 is 14.7 Å². The van der Waals surface area contributed by atoms with Crippen molar-refractivity contribution in [2.24, 2.45) is 0 Å². The fourth-order valence-corrected chi connectivity index (χ4v) is 2.60. The maximum absolute atomic E-state index is 12.3. The normalized spacial score (nSPS) is 15.9. The summed E-state index contributed by atoms with van der Waals surface area (Å²) in [5.74, 6) is 0. The highest BCUT2D eigenvalue weighted by molar-refractivity contribution is 5.68. The van der Waals surface area contributed by atoms with Crippen LogP contribution in [0, 0.1) is 0 Å². The predicted octanol–water partition coefficient (Wildman–Crippen LogP) is 5.08. The molecule has 4 heteroatoms. The second kappa shape index (κ2) is 9.87. The highest BCUT2D eigenvalue weighted by Gasteiger charge is 2.30. The molecule has 0 saturated carbocycles. The standard InChI is InChI=1S/C20H37NO3/c1-9-14-21(18(22)24-19(6,7)8)15-12-13-20(23,16(4)10-2)17(5)11-3/h10-11,23H,9,12-15H2,1-8H3/b16-10-,17-11+.